The van der Waals surface area contributed by atoms with Crippen LogP contribution in [0.15, 0.2) is 48.5 Å². The number of hydrogen-bond donors (Lipinski definition) is 2. The molecule has 2 aromatic rings. The molecule has 3 rings (SSSR count). The first-order chi connectivity index (χ1) is 13.6. The third-order valence-electron chi connectivity index (χ3n) is 4.92. The van der Waals surface area contributed by atoms with Crippen molar-refractivity contribution in [2.45, 2.75) is 32.7 Å². The van der Waals surface area contributed by atoms with E-state index in [-0.39, 0.29) is 11.9 Å². The highest BCUT2D eigenvalue weighted by atomic mass is 32.1. The van der Waals surface area contributed by atoms with Gasteiger partial charge in [-0.05, 0) is 74.8 Å². The summed E-state index contributed by atoms with van der Waals surface area (Å²) in [7, 11) is 0. The summed E-state index contributed by atoms with van der Waals surface area (Å²) < 4.78 is 5.46. The third kappa shape index (κ3) is 5.23. The van der Waals surface area contributed by atoms with Crippen LogP contribution in [0.25, 0.3) is 0 Å². The summed E-state index contributed by atoms with van der Waals surface area (Å²) in [5.74, 6) is 0.857. The maximum atomic E-state index is 12.5. The fraction of sp³-hybridized carbons (Fsp3) is 0.364. The summed E-state index contributed by atoms with van der Waals surface area (Å²) >= 11 is 5.56. The smallest absolute Gasteiger partial charge is 0.251 e. The predicted octanol–water partition coefficient (Wildman–Crippen LogP) is 3.98. The zero-order valence-corrected chi connectivity index (χ0v) is 17.2. The fourth-order valence-corrected chi connectivity index (χ4v) is 3.62. The summed E-state index contributed by atoms with van der Waals surface area (Å²) in [5, 5.41) is 7.16. The monoisotopic (exact) mass is 397 g/mol. The van der Waals surface area contributed by atoms with Gasteiger partial charge in [-0.1, -0.05) is 18.2 Å². The first kappa shape index (κ1) is 20.1. The normalized spacial score (nSPS) is 14.4. The molecule has 0 atom stereocenters. The second-order valence-electron chi connectivity index (χ2n) is 6.94. The van der Waals surface area contributed by atoms with Crippen LogP contribution in [-0.4, -0.2) is 41.7 Å². The van der Waals surface area contributed by atoms with Gasteiger partial charge in [0.2, 0.25) is 0 Å². The molecule has 0 aliphatic carbocycles. The van der Waals surface area contributed by atoms with Crippen molar-refractivity contribution in [2.75, 3.05) is 25.0 Å². The average Bonchev–Trinajstić information content (AvgIpc) is 2.70. The van der Waals surface area contributed by atoms with E-state index in [1.54, 1.807) is 0 Å². The van der Waals surface area contributed by atoms with E-state index in [1.165, 1.54) is 0 Å². The maximum absolute atomic E-state index is 12.5. The van der Waals surface area contributed by atoms with Crippen LogP contribution in [0.3, 0.4) is 0 Å². The largest absolute Gasteiger partial charge is 0.494 e. The molecule has 1 amide bonds. The van der Waals surface area contributed by atoms with Crippen molar-refractivity contribution in [3.8, 4) is 5.75 Å². The summed E-state index contributed by atoms with van der Waals surface area (Å²) in [5.41, 5.74) is 2.69. The number of benzene rings is 2. The van der Waals surface area contributed by atoms with Gasteiger partial charge in [-0.25, -0.2) is 0 Å². The van der Waals surface area contributed by atoms with Crippen molar-refractivity contribution in [1.82, 2.24) is 10.2 Å². The molecule has 1 saturated heterocycles. The average molecular weight is 398 g/mol. The van der Waals surface area contributed by atoms with Crippen LogP contribution in [-0.2, 0) is 0 Å². The summed E-state index contributed by atoms with van der Waals surface area (Å²) in [6, 6.07) is 15.6. The van der Waals surface area contributed by atoms with Crippen LogP contribution < -0.4 is 15.4 Å². The molecule has 28 heavy (non-hydrogen) atoms. The molecule has 2 aromatic carbocycles. The van der Waals surface area contributed by atoms with Crippen molar-refractivity contribution in [2.24, 2.45) is 0 Å². The second-order valence-corrected chi connectivity index (χ2v) is 7.32. The lowest BCUT2D eigenvalue weighted by atomic mass is 10.0. The molecule has 6 heteroatoms. The highest BCUT2D eigenvalue weighted by Gasteiger charge is 2.23. The van der Waals surface area contributed by atoms with Crippen LogP contribution in [0.2, 0.25) is 0 Å². The van der Waals surface area contributed by atoms with Gasteiger partial charge in [-0.15, -0.1) is 0 Å². The Balaban J connectivity index is 1.47. The fourth-order valence-electron chi connectivity index (χ4n) is 3.32. The van der Waals surface area contributed by atoms with E-state index in [2.05, 4.69) is 15.5 Å². The Labute approximate surface area is 172 Å². The molecule has 1 heterocycles. The number of carbonyl (C=O) groups excluding carboxylic acids is 1. The van der Waals surface area contributed by atoms with Crippen molar-refractivity contribution in [1.29, 1.82) is 0 Å². The van der Waals surface area contributed by atoms with Crippen LogP contribution >= 0.6 is 12.2 Å². The van der Waals surface area contributed by atoms with Crippen LogP contribution in [0.4, 0.5) is 5.69 Å². The van der Waals surface area contributed by atoms with E-state index in [0.29, 0.717) is 11.7 Å². The molecule has 0 saturated carbocycles. The van der Waals surface area contributed by atoms with Crippen molar-refractivity contribution >= 4 is 28.9 Å². The van der Waals surface area contributed by atoms with Crippen LogP contribution in [0, 0.1) is 6.92 Å². The standard InChI is InChI=1S/C22H27N3O2S/c1-3-27-19-10-8-17(9-11-19)24-22(28)25-14-12-18(13-15-25)23-21(26)20-7-5-4-6-16(20)2/h4-11,18H,3,12-15H2,1-2H3,(H,23,26)(H,24,28). The van der Waals surface area contributed by atoms with Gasteiger partial charge in [0.1, 0.15) is 5.75 Å². The number of likely N-dealkylation sites (tertiary alicyclic amines) is 1. The zero-order valence-electron chi connectivity index (χ0n) is 16.4. The number of ether oxygens (including phenoxy) is 1. The topological polar surface area (TPSA) is 53.6 Å². The molecule has 0 bridgehead atoms. The number of piperidine rings is 1. The molecular weight excluding hydrogens is 370 g/mol. The number of aryl methyl sites for hydroxylation is 1. The van der Waals surface area contributed by atoms with Gasteiger partial charge in [-0.3, -0.25) is 4.79 Å². The summed E-state index contributed by atoms with van der Waals surface area (Å²) in [4.78, 5) is 14.6. The minimum absolute atomic E-state index is 0.00615. The number of thiocarbonyl (C=S) groups is 1. The van der Waals surface area contributed by atoms with Crippen molar-refractivity contribution in [3.05, 3.63) is 59.7 Å². The molecule has 0 spiro atoms. The van der Waals surface area contributed by atoms with Crippen LogP contribution in [0.1, 0.15) is 35.7 Å². The van der Waals surface area contributed by atoms with Gasteiger partial charge in [-0.2, -0.15) is 0 Å². The number of anilines is 1. The number of nitrogens with one attached hydrogen (secondary N) is 2. The van der Waals surface area contributed by atoms with Gasteiger partial charge >= 0.3 is 0 Å². The Hall–Kier alpha value is -2.60. The SMILES string of the molecule is CCOc1ccc(NC(=S)N2CCC(NC(=O)c3ccccc3C)CC2)cc1. The van der Waals surface area contributed by atoms with Crippen molar-refractivity contribution < 1.29 is 9.53 Å². The Morgan fingerprint density at radius 3 is 2.46 bits per heavy atom. The maximum Gasteiger partial charge on any atom is 0.251 e. The van der Waals surface area contributed by atoms with E-state index < -0.39 is 0 Å². The van der Waals surface area contributed by atoms with E-state index >= 15 is 0 Å². The van der Waals surface area contributed by atoms with Gasteiger partial charge in [0.15, 0.2) is 5.11 Å². The quantitative estimate of drug-likeness (QED) is 0.748. The number of hydrogen-bond acceptors (Lipinski definition) is 3. The van der Waals surface area contributed by atoms with Gasteiger partial charge < -0.3 is 20.3 Å². The summed E-state index contributed by atoms with van der Waals surface area (Å²) in [6.45, 7) is 6.22. The lowest BCUT2D eigenvalue weighted by Gasteiger charge is -2.34. The van der Waals surface area contributed by atoms with Crippen molar-refractivity contribution in [3.63, 3.8) is 0 Å². The Morgan fingerprint density at radius 2 is 1.82 bits per heavy atom. The number of amides is 1. The first-order valence-corrected chi connectivity index (χ1v) is 10.1. The molecule has 0 aromatic heterocycles. The number of rotatable bonds is 5. The van der Waals surface area contributed by atoms with E-state index in [1.807, 2.05) is 62.4 Å². The Morgan fingerprint density at radius 1 is 1.14 bits per heavy atom. The Kier molecular flexibility index (Phi) is 6.87. The second kappa shape index (κ2) is 9.55. The number of nitrogens with zero attached hydrogens (tertiary/aromatic N) is 1. The molecular formula is C22H27N3O2S. The molecule has 2 N–H and O–H groups in total. The molecule has 1 aliphatic rings. The van der Waals surface area contributed by atoms with Gasteiger partial charge in [0.25, 0.3) is 5.91 Å². The van der Waals surface area contributed by atoms with Gasteiger partial charge in [0, 0.05) is 30.4 Å². The molecule has 1 fully saturated rings. The van der Waals surface area contributed by atoms with E-state index in [4.69, 9.17) is 17.0 Å². The summed E-state index contributed by atoms with van der Waals surface area (Å²) in [6.07, 6.45) is 1.76. The molecule has 148 valence electrons. The lowest BCUT2D eigenvalue weighted by Crippen LogP contribution is -2.47. The number of carbonyl (C=O) groups is 1. The minimum atomic E-state index is 0.00615. The lowest BCUT2D eigenvalue weighted by molar-refractivity contribution is 0.0922. The highest BCUT2D eigenvalue weighted by molar-refractivity contribution is 7.80. The zero-order chi connectivity index (χ0) is 19.9. The van der Waals surface area contributed by atoms with E-state index in [0.717, 1.165) is 48.5 Å². The minimum Gasteiger partial charge on any atom is -0.494 e. The van der Waals surface area contributed by atoms with Crippen LogP contribution in [0.5, 0.6) is 5.75 Å². The Bertz CT molecular complexity index is 815. The molecule has 1 aliphatic heterocycles. The third-order valence-corrected chi connectivity index (χ3v) is 5.28. The molecule has 5 nitrogen and oxygen atoms in total. The highest BCUT2D eigenvalue weighted by Crippen LogP contribution is 2.18. The molecule has 0 radical (unpaired) electrons. The van der Waals surface area contributed by atoms with Gasteiger partial charge in [0.05, 0.1) is 6.61 Å². The first-order valence-electron chi connectivity index (χ1n) is 9.72. The molecule has 0 unspecified atom stereocenters. The predicted molar refractivity (Wildman–Crippen MR) is 117 cm³/mol. The van der Waals surface area contributed by atoms with E-state index in [9.17, 15) is 4.79 Å².